The summed E-state index contributed by atoms with van der Waals surface area (Å²) in [5, 5.41) is 11.7. The maximum atomic E-state index is 12.0. The summed E-state index contributed by atoms with van der Waals surface area (Å²) < 4.78 is 0. The highest BCUT2D eigenvalue weighted by Gasteiger charge is 2.20. The van der Waals surface area contributed by atoms with E-state index in [4.69, 9.17) is 5.11 Å². The highest BCUT2D eigenvalue weighted by Crippen LogP contribution is 2.13. The van der Waals surface area contributed by atoms with Gasteiger partial charge in [-0.1, -0.05) is 32.9 Å². The van der Waals surface area contributed by atoms with Crippen molar-refractivity contribution in [2.45, 2.75) is 27.3 Å². The van der Waals surface area contributed by atoms with E-state index in [1.807, 2.05) is 32.9 Å². The van der Waals surface area contributed by atoms with Gasteiger partial charge in [-0.05, 0) is 17.7 Å². The van der Waals surface area contributed by atoms with Crippen molar-refractivity contribution in [2.75, 3.05) is 20.2 Å². The number of hydrogen-bond acceptors (Lipinski definition) is 3. The van der Waals surface area contributed by atoms with Crippen molar-refractivity contribution in [3.63, 3.8) is 0 Å². The van der Waals surface area contributed by atoms with E-state index in [1.165, 1.54) is 4.90 Å². The molecule has 5 heteroatoms. The van der Waals surface area contributed by atoms with Gasteiger partial charge in [0.25, 0.3) is 5.91 Å². The van der Waals surface area contributed by atoms with Gasteiger partial charge in [-0.15, -0.1) is 0 Å². The normalized spacial score (nSPS) is 11.1. The van der Waals surface area contributed by atoms with Crippen molar-refractivity contribution >= 4 is 11.8 Å². The first-order chi connectivity index (χ1) is 9.75. The summed E-state index contributed by atoms with van der Waals surface area (Å²) in [5.41, 5.74) is 1.09. The molecule has 1 rings (SSSR count). The molecule has 0 aliphatic rings. The van der Waals surface area contributed by atoms with Gasteiger partial charge in [0.1, 0.15) is 0 Å². The van der Waals surface area contributed by atoms with E-state index in [0.29, 0.717) is 18.7 Å². The molecule has 0 aliphatic heterocycles. The van der Waals surface area contributed by atoms with E-state index >= 15 is 0 Å². The lowest BCUT2D eigenvalue weighted by atomic mass is 9.95. The average Bonchev–Trinajstić information content (AvgIpc) is 2.43. The van der Waals surface area contributed by atoms with Gasteiger partial charge in [0.15, 0.2) is 0 Å². The molecule has 0 atom stereocenters. The van der Waals surface area contributed by atoms with E-state index in [-0.39, 0.29) is 18.4 Å². The molecule has 0 unspecified atom stereocenters. The predicted octanol–water partition coefficient (Wildman–Crippen LogP) is 1.41. The Hall–Kier alpha value is -1.88. The van der Waals surface area contributed by atoms with Crippen molar-refractivity contribution in [1.29, 1.82) is 0 Å². The maximum Gasteiger partial charge on any atom is 0.253 e. The van der Waals surface area contributed by atoms with E-state index < -0.39 is 5.41 Å². The molecule has 1 aromatic carbocycles. The fraction of sp³-hybridized carbons (Fsp3) is 0.500. The first-order valence-corrected chi connectivity index (χ1v) is 6.99. The molecule has 2 amide bonds. The third-order valence-electron chi connectivity index (χ3n) is 3.12. The molecule has 0 aromatic heterocycles. The smallest absolute Gasteiger partial charge is 0.253 e. The van der Waals surface area contributed by atoms with Gasteiger partial charge in [0.05, 0.1) is 6.61 Å². The molecule has 0 heterocycles. The third kappa shape index (κ3) is 5.19. The molecule has 1 aromatic rings. The number of rotatable bonds is 5. The van der Waals surface area contributed by atoms with E-state index in [1.54, 1.807) is 19.2 Å². The number of aliphatic hydroxyl groups excluding tert-OH is 1. The van der Waals surface area contributed by atoms with Crippen LogP contribution in [0.1, 0.15) is 36.7 Å². The van der Waals surface area contributed by atoms with E-state index in [2.05, 4.69) is 5.32 Å². The van der Waals surface area contributed by atoms with E-state index in [9.17, 15) is 9.59 Å². The van der Waals surface area contributed by atoms with Crippen LogP contribution in [0.2, 0.25) is 0 Å². The number of likely N-dealkylation sites (N-methyl/N-ethyl adjacent to an activating group) is 1. The lowest BCUT2D eigenvalue weighted by molar-refractivity contribution is -0.128. The lowest BCUT2D eigenvalue weighted by Gasteiger charge is -2.18. The highest BCUT2D eigenvalue weighted by molar-refractivity contribution is 5.94. The van der Waals surface area contributed by atoms with E-state index in [0.717, 1.165) is 5.56 Å². The molecule has 5 nitrogen and oxygen atoms in total. The van der Waals surface area contributed by atoms with Crippen LogP contribution in [-0.2, 0) is 11.3 Å². The molecule has 0 fully saturated rings. The Balaban J connectivity index is 2.62. The SMILES string of the molecule is CN(CCO)C(=O)c1ccc(CNC(=O)C(C)(C)C)cc1. The Morgan fingerprint density at radius 2 is 1.76 bits per heavy atom. The van der Waals surface area contributed by atoms with Crippen molar-refractivity contribution in [3.8, 4) is 0 Å². The Labute approximate surface area is 126 Å². The zero-order valence-corrected chi connectivity index (χ0v) is 13.1. The van der Waals surface area contributed by atoms with Gasteiger partial charge >= 0.3 is 0 Å². The Bertz CT molecular complexity index is 489. The first-order valence-electron chi connectivity index (χ1n) is 6.99. The maximum absolute atomic E-state index is 12.0. The Morgan fingerprint density at radius 3 is 2.24 bits per heavy atom. The second-order valence-corrected chi connectivity index (χ2v) is 6.08. The Morgan fingerprint density at radius 1 is 1.19 bits per heavy atom. The number of carbonyl (C=O) groups excluding carboxylic acids is 2. The van der Waals surface area contributed by atoms with Crippen molar-refractivity contribution in [3.05, 3.63) is 35.4 Å². The number of hydrogen-bond donors (Lipinski definition) is 2. The van der Waals surface area contributed by atoms with Crippen molar-refractivity contribution < 1.29 is 14.7 Å². The molecule has 0 bridgehead atoms. The molecule has 0 saturated carbocycles. The second-order valence-electron chi connectivity index (χ2n) is 6.08. The number of carbonyl (C=O) groups is 2. The number of nitrogens with zero attached hydrogens (tertiary/aromatic N) is 1. The molecule has 2 N–H and O–H groups in total. The van der Waals surface area contributed by atoms with Gasteiger partial charge < -0.3 is 15.3 Å². The third-order valence-corrected chi connectivity index (χ3v) is 3.12. The molecule has 0 saturated heterocycles. The minimum Gasteiger partial charge on any atom is -0.395 e. The van der Waals surface area contributed by atoms with Crippen LogP contribution in [0.15, 0.2) is 24.3 Å². The predicted molar refractivity (Wildman–Crippen MR) is 81.8 cm³/mol. The summed E-state index contributed by atoms with van der Waals surface area (Å²) >= 11 is 0. The Kier molecular flexibility index (Phi) is 5.90. The van der Waals surface area contributed by atoms with Crippen LogP contribution in [0.3, 0.4) is 0 Å². The van der Waals surface area contributed by atoms with Crippen LogP contribution in [0.25, 0.3) is 0 Å². The largest absolute Gasteiger partial charge is 0.395 e. The lowest BCUT2D eigenvalue weighted by Crippen LogP contribution is -2.34. The summed E-state index contributed by atoms with van der Waals surface area (Å²) in [6.45, 7) is 6.28. The first kappa shape index (κ1) is 17.2. The zero-order chi connectivity index (χ0) is 16.0. The van der Waals surface area contributed by atoms with Crippen molar-refractivity contribution in [1.82, 2.24) is 10.2 Å². The second kappa shape index (κ2) is 7.22. The monoisotopic (exact) mass is 292 g/mol. The molecular formula is C16H24N2O3. The number of nitrogens with one attached hydrogen (secondary N) is 1. The van der Waals surface area contributed by atoms with Gasteiger partial charge in [-0.25, -0.2) is 0 Å². The summed E-state index contributed by atoms with van der Waals surface area (Å²) in [6.07, 6.45) is 0. The zero-order valence-electron chi connectivity index (χ0n) is 13.1. The fourth-order valence-corrected chi connectivity index (χ4v) is 1.68. The minimum absolute atomic E-state index is 0.00895. The average molecular weight is 292 g/mol. The summed E-state index contributed by atoms with van der Waals surface area (Å²) in [7, 11) is 1.65. The van der Waals surface area contributed by atoms with Crippen LogP contribution < -0.4 is 5.32 Å². The molecular weight excluding hydrogens is 268 g/mol. The molecule has 116 valence electrons. The standard InChI is InChI=1S/C16H24N2O3/c1-16(2,3)15(21)17-11-12-5-7-13(8-6-12)14(20)18(4)9-10-19/h5-8,19H,9-11H2,1-4H3,(H,17,21). The molecule has 0 spiro atoms. The van der Waals surface area contributed by atoms with Gasteiger partial charge in [-0.2, -0.15) is 0 Å². The van der Waals surface area contributed by atoms with Crippen LogP contribution >= 0.6 is 0 Å². The van der Waals surface area contributed by atoms with Gasteiger partial charge in [0, 0.05) is 31.1 Å². The quantitative estimate of drug-likeness (QED) is 0.862. The van der Waals surface area contributed by atoms with Gasteiger partial charge in [0.2, 0.25) is 5.91 Å². The minimum atomic E-state index is -0.414. The fourth-order valence-electron chi connectivity index (χ4n) is 1.68. The number of benzene rings is 1. The summed E-state index contributed by atoms with van der Waals surface area (Å²) in [4.78, 5) is 25.2. The highest BCUT2D eigenvalue weighted by atomic mass is 16.3. The summed E-state index contributed by atoms with van der Waals surface area (Å²) in [5.74, 6) is -0.139. The molecule has 0 radical (unpaired) electrons. The topological polar surface area (TPSA) is 69.6 Å². The van der Waals surface area contributed by atoms with Crippen LogP contribution in [-0.4, -0.2) is 42.0 Å². The van der Waals surface area contributed by atoms with Crippen molar-refractivity contribution in [2.24, 2.45) is 5.41 Å². The summed E-state index contributed by atoms with van der Waals surface area (Å²) in [6, 6.07) is 7.11. The number of amides is 2. The number of aliphatic hydroxyl groups is 1. The molecule has 0 aliphatic carbocycles. The van der Waals surface area contributed by atoms with Crippen LogP contribution in [0.4, 0.5) is 0 Å². The van der Waals surface area contributed by atoms with Crippen LogP contribution in [0.5, 0.6) is 0 Å². The van der Waals surface area contributed by atoms with Gasteiger partial charge in [-0.3, -0.25) is 9.59 Å². The van der Waals surface area contributed by atoms with Crippen LogP contribution in [0, 0.1) is 5.41 Å². The molecule has 21 heavy (non-hydrogen) atoms.